The Labute approximate surface area is 104 Å². The van der Waals surface area contributed by atoms with Gasteiger partial charge in [-0.25, -0.2) is 0 Å². The van der Waals surface area contributed by atoms with Gasteiger partial charge in [-0.3, -0.25) is 9.59 Å². The molecular weight excluding hydrogens is 232 g/mol. The molecule has 0 spiro atoms. The highest BCUT2D eigenvalue weighted by Gasteiger charge is 2.15. The first-order chi connectivity index (χ1) is 8.59. The van der Waals surface area contributed by atoms with Gasteiger partial charge in [0, 0.05) is 5.56 Å². The zero-order chi connectivity index (χ0) is 13.1. The van der Waals surface area contributed by atoms with Crippen LogP contribution in [0.1, 0.15) is 33.4 Å². The highest BCUT2D eigenvalue weighted by Crippen LogP contribution is 2.17. The van der Waals surface area contributed by atoms with Gasteiger partial charge in [0.25, 0.3) is 5.91 Å². The predicted octanol–water partition coefficient (Wildman–Crippen LogP) is 2.44. The molecule has 0 unspecified atom stereocenters. The van der Waals surface area contributed by atoms with E-state index in [2.05, 4.69) is 10.5 Å². The molecule has 0 saturated heterocycles. The SMILES string of the molecule is CC(=O)c1ccccc1NC(=O)c1cnoc1C. The van der Waals surface area contributed by atoms with Crippen molar-refractivity contribution in [2.45, 2.75) is 13.8 Å². The number of hydrogen-bond acceptors (Lipinski definition) is 4. The lowest BCUT2D eigenvalue weighted by atomic mass is 10.1. The van der Waals surface area contributed by atoms with Crippen molar-refractivity contribution >= 4 is 17.4 Å². The number of aryl methyl sites for hydroxylation is 1. The Morgan fingerprint density at radius 3 is 2.56 bits per heavy atom. The van der Waals surface area contributed by atoms with E-state index in [1.54, 1.807) is 31.2 Å². The molecular formula is C13H12N2O3. The van der Waals surface area contributed by atoms with Crippen molar-refractivity contribution < 1.29 is 14.1 Å². The maximum absolute atomic E-state index is 11.9. The van der Waals surface area contributed by atoms with E-state index in [4.69, 9.17) is 4.52 Å². The summed E-state index contributed by atoms with van der Waals surface area (Å²) in [6, 6.07) is 6.84. The summed E-state index contributed by atoms with van der Waals surface area (Å²) < 4.78 is 4.82. The number of Topliss-reactive ketones (excluding diaryl/α,β-unsaturated/α-hetero) is 1. The summed E-state index contributed by atoms with van der Waals surface area (Å²) >= 11 is 0. The number of anilines is 1. The molecule has 5 heteroatoms. The molecule has 5 nitrogen and oxygen atoms in total. The quantitative estimate of drug-likeness (QED) is 0.841. The summed E-state index contributed by atoms with van der Waals surface area (Å²) in [6.45, 7) is 3.11. The normalized spacial score (nSPS) is 10.1. The van der Waals surface area contributed by atoms with Gasteiger partial charge in [0.05, 0.1) is 11.9 Å². The molecule has 1 aromatic carbocycles. The third kappa shape index (κ3) is 2.29. The van der Waals surface area contributed by atoms with Crippen molar-refractivity contribution in [3.05, 3.63) is 47.3 Å². The number of ketones is 1. The van der Waals surface area contributed by atoms with Crippen LogP contribution in [0.5, 0.6) is 0 Å². The van der Waals surface area contributed by atoms with Crippen molar-refractivity contribution in [1.29, 1.82) is 0 Å². The summed E-state index contributed by atoms with van der Waals surface area (Å²) in [5.41, 5.74) is 1.31. The second-order valence-corrected chi connectivity index (χ2v) is 3.85. The number of hydrogen-bond donors (Lipinski definition) is 1. The Balaban J connectivity index is 2.28. The van der Waals surface area contributed by atoms with Gasteiger partial charge in [0.15, 0.2) is 5.78 Å². The van der Waals surface area contributed by atoms with Gasteiger partial charge >= 0.3 is 0 Å². The second kappa shape index (κ2) is 4.83. The number of nitrogens with zero attached hydrogens (tertiary/aromatic N) is 1. The molecule has 0 bridgehead atoms. The molecule has 0 aliphatic heterocycles. The Morgan fingerprint density at radius 2 is 1.94 bits per heavy atom. The minimum atomic E-state index is -0.345. The molecule has 0 atom stereocenters. The molecule has 0 radical (unpaired) electrons. The molecule has 2 rings (SSSR count). The van der Waals surface area contributed by atoms with Crippen molar-refractivity contribution in [2.75, 3.05) is 5.32 Å². The van der Waals surface area contributed by atoms with E-state index in [0.29, 0.717) is 22.6 Å². The molecule has 0 aliphatic carbocycles. The van der Waals surface area contributed by atoms with Crippen LogP contribution < -0.4 is 5.32 Å². The number of nitrogens with one attached hydrogen (secondary N) is 1. The monoisotopic (exact) mass is 244 g/mol. The second-order valence-electron chi connectivity index (χ2n) is 3.85. The molecule has 0 aliphatic rings. The lowest BCUT2D eigenvalue weighted by molar-refractivity contribution is 0.101. The molecule has 92 valence electrons. The number of para-hydroxylation sites is 1. The highest BCUT2D eigenvalue weighted by molar-refractivity contribution is 6.09. The predicted molar refractivity (Wildman–Crippen MR) is 65.6 cm³/mol. The fourth-order valence-electron chi connectivity index (χ4n) is 1.61. The third-order valence-electron chi connectivity index (χ3n) is 2.55. The lowest BCUT2D eigenvalue weighted by Gasteiger charge is -2.07. The van der Waals surface area contributed by atoms with E-state index in [1.165, 1.54) is 13.1 Å². The fraction of sp³-hybridized carbons (Fsp3) is 0.154. The molecule has 18 heavy (non-hydrogen) atoms. The zero-order valence-corrected chi connectivity index (χ0v) is 10.1. The Morgan fingerprint density at radius 1 is 1.22 bits per heavy atom. The molecule has 0 fully saturated rings. The average Bonchev–Trinajstić information content (AvgIpc) is 2.76. The van der Waals surface area contributed by atoms with Crippen LogP contribution >= 0.6 is 0 Å². The molecule has 1 N–H and O–H groups in total. The van der Waals surface area contributed by atoms with Crippen molar-refractivity contribution in [3.63, 3.8) is 0 Å². The minimum absolute atomic E-state index is 0.104. The maximum Gasteiger partial charge on any atom is 0.260 e. The standard InChI is InChI=1S/C13H12N2O3/c1-8(16)10-5-3-4-6-12(10)15-13(17)11-7-14-18-9(11)2/h3-7H,1-2H3,(H,15,17). The van der Waals surface area contributed by atoms with Gasteiger partial charge < -0.3 is 9.84 Å². The van der Waals surface area contributed by atoms with E-state index in [-0.39, 0.29) is 11.7 Å². The maximum atomic E-state index is 11.9. The van der Waals surface area contributed by atoms with Crippen LogP contribution in [0.25, 0.3) is 0 Å². The van der Waals surface area contributed by atoms with Crippen LogP contribution in [0.3, 0.4) is 0 Å². The van der Waals surface area contributed by atoms with Gasteiger partial charge in [0.2, 0.25) is 0 Å². The first-order valence-corrected chi connectivity index (χ1v) is 5.42. The summed E-state index contributed by atoms with van der Waals surface area (Å²) in [7, 11) is 0. The summed E-state index contributed by atoms with van der Waals surface area (Å²) in [5, 5.41) is 6.21. The zero-order valence-electron chi connectivity index (χ0n) is 10.1. The molecule has 2 aromatic rings. The minimum Gasteiger partial charge on any atom is -0.361 e. The van der Waals surface area contributed by atoms with Gasteiger partial charge in [-0.2, -0.15) is 0 Å². The summed E-state index contributed by atoms with van der Waals surface area (Å²) in [5.74, 6) is -0.0109. The van der Waals surface area contributed by atoms with Crippen molar-refractivity contribution in [1.82, 2.24) is 5.16 Å². The third-order valence-corrected chi connectivity index (χ3v) is 2.55. The van der Waals surface area contributed by atoms with Crippen LogP contribution in [0.2, 0.25) is 0 Å². The van der Waals surface area contributed by atoms with E-state index >= 15 is 0 Å². The summed E-state index contributed by atoms with van der Waals surface area (Å²) in [6.07, 6.45) is 1.35. The van der Waals surface area contributed by atoms with E-state index in [1.807, 2.05) is 0 Å². The van der Waals surface area contributed by atoms with Crippen molar-refractivity contribution in [2.24, 2.45) is 0 Å². The van der Waals surface area contributed by atoms with Crippen LogP contribution in [-0.2, 0) is 0 Å². The van der Waals surface area contributed by atoms with Crippen LogP contribution in [0.15, 0.2) is 35.0 Å². The smallest absolute Gasteiger partial charge is 0.260 e. The van der Waals surface area contributed by atoms with Gasteiger partial charge in [-0.15, -0.1) is 0 Å². The molecule has 0 saturated carbocycles. The number of aromatic nitrogens is 1. The first kappa shape index (κ1) is 12.0. The number of benzene rings is 1. The largest absolute Gasteiger partial charge is 0.361 e. The van der Waals surface area contributed by atoms with Crippen LogP contribution in [0, 0.1) is 6.92 Å². The van der Waals surface area contributed by atoms with E-state index < -0.39 is 0 Å². The Bertz CT molecular complexity index is 602. The molecule has 1 aromatic heterocycles. The van der Waals surface area contributed by atoms with Gasteiger partial charge in [-0.05, 0) is 26.0 Å². The Kier molecular flexibility index (Phi) is 3.23. The first-order valence-electron chi connectivity index (χ1n) is 5.42. The average molecular weight is 244 g/mol. The van der Waals surface area contributed by atoms with Crippen LogP contribution in [0.4, 0.5) is 5.69 Å². The van der Waals surface area contributed by atoms with Crippen LogP contribution in [-0.4, -0.2) is 16.8 Å². The molecule has 1 heterocycles. The van der Waals surface area contributed by atoms with Gasteiger partial charge in [0.1, 0.15) is 11.3 Å². The highest BCUT2D eigenvalue weighted by atomic mass is 16.5. The molecule has 1 amide bonds. The lowest BCUT2D eigenvalue weighted by Crippen LogP contribution is -2.14. The topological polar surface area (TPSA) is 72.2 Å². The number of rotatable bonds is 3. The number of amides is 1. The number of carbonyl (C=O) groups is 2. The van der Waals surface area contributed by atoms with Gasteiger partial charge in [-0.1, -0.05) is 17.3 Å². The fourth-order valence-corrected chi connectivity index (χ4v) is 1.61. The summed E-state index contributed by atoms with van der Waals surface area (Å²) in [4.78, 5) is 23.4. The Hall–Kier alpha value is -2.43. The number of carbonyl (C=O) groups excluding carboxylic acids is 2. The van der Waals surface area contributed by atoms with E-state index in [0.717, 1.165) is 0 Å². The van der Waals surface area contributed by atoms with E-state index in [9.17, 15) is 9.59 Å². The van der Waals surface area contributed by atoms with Crippen molar-refractivity contribution in [3.8, 4) is 0 Å².